The Morgan fingerprint density at radius 3 is 2.91 bits per heavy atom. The van der Waals surface area contributed by atoms with Crippen LogP contribution in [-0.2, 0) is 9.53 Å². The fraction of sp³-hybridized carbons (Fsp3) is 0.333. The Balaban J connectivity index is 2.40. The summed E-state index contributed by atoms with van der Waals surface area (Å²) >= 11 is 6.02. The van der Waals surface area contributed by atoms with Crippen LogP contribution in [0.5, 0.6) is 0 Å². The minimum absolute atomic E-state index is 0.310. The van der Waals surface area contributed by atoms with Gasteiger partial charge in [-0.15, -0.1) is 0 Å². The fourth-order valence-corrected chi connectivity index (χ4v) is 2.70. The van der Waals surface area contributed by atoms with Gasteiger partial charge in [-0.3, -0.25) is 4.68 Å². The molecule has 0 saturated heterocycles. The molecular weight excluding hydrogens is 312 g/mol. The zero-order valence-corrected chi connectivity index (χ0v) is 14.4. The maximum Gasteiger partial charge on any atom is 0.331 e. The van der Waals surface area contributed by atoms with Crippen LogP contribution in [0.15, 0.2) is 48.2 Å². The van der Waals surface area contributed by atoms with Crippen LogP contribution in [0.2, 0.25) is 5.02 Å². The van der Waals surface area contributed by atoms with E-state index in [1.54, 1.807) is 10.7 Å². The van der Waals surface area contributed by atoms with Crippen LogP contribution < -0.4 is 0 Å². The predicted octanol–water partition coefficient (Wildman–Crippen LogP) is 4.71. The summed E-state index contributed by atoms with van der Waals surface area (Å²) in [7, 11) is 1.40. The second kappa shape index (κ2) is 7.97. The van der Waals surface area contributed by atoms with Crippen molar-refractivity contribution in [3.8, 4) is 0 Å². The zero-order chi connectivity index (χ0) is 16.8. The molecule has 1 aromatic carbocycles. The molecule has 2 aromatic rings. The summed E-state index contributed by atoms with van der Waals surface area (Å²) in [6.45, 7) is 4.03. The standard InChI is InChI=1S/C18H21ClN2O2/c1-4-6-13(7-5-2)10-17(18(22)23-3)21-12-14-11-15(19)8-9-16(14)20-21/h4,6-9,11-12,17H,5,10H2,1-3H3/b6-4-,13-7+. The van der Waals surface area contributed by atoms with Crippen LogP contribution >= 0.6 is 11.6 Å². The number of nitrogens with zero attached hydrogens (tertiary/aromatic N) is 2. The number of rotatable bonds is 6. The van der Waals surface area contributed by atoms with Crippen LogP contribution in [0.1, 0.15) is 32.7 Å². The molecule has 1 heterocycles. The molecule has 1 aromatic heterocycles. The molecule has 0 radical (unpaired) electrons. The molecule has 1 unspecified atom stereocenters. The van der Waals surface area contributed by atoms with Crippen LogP contribution in [0.25, 0.3) is 10.9 Å². The Bertz CT molecular complexity index is 747. The van der Waals surface area contributed by atoms with E-state index in [4.69, 9.17) is 16.3 Å². The van der Waals surface area contributed by atoms with E-state index in [0.717, 1.165) is 22.9 Å². The van der Waals surface area contributed by atoms with Gasteiger partial charge in [0.2, 0.25) is 0 Å². The molecule has 0 aliphatic carbocycles. The number of fused-ring (bicyclic) bond motifs is 1. The molecule has 5 heteroatoms. The molecule has 0 aliphatic rings. The summed E-state index contributed by atoms with van der Waals surface area (Å²) in [5.74, 6) is -0.310. The van der Waals surface area contributed by atoms with Gasteiger partial charge in [-0.25, -0.2) is 4.79 Å². The third-order valence-corrected chi connectivity index (χ3v) is 3.79. The van der Waals surface area contributed by atoms with Crippen molar-refractivity contribution >= 4 is 28.5 Å². The first-order valence-electron chi connectivity index (χ1n) is 7.63. The second-order valence-electron chi connectivity index (χ2n) is 5.24. The van der Waals surface area contributed by atoms with Crippen LogP contribution in [-0.4, -0.2) is 22.9 Å². The van der Waals surface area contributed by atoms with Crippen molar-refractivity contribution in [2.24, 2.45) is 0 Å². The molecule has 0 saturated carbocycles. The number of aromatic nitrogens is 2. The van der Waals surface area contributed by atoms with Gasteiger partial charge in [0.1, 0.15) is 0 Å². The van der Waals surface area contributed by atoms with Gasteiger partial charge in [0, 0.05) is 23.0 Å². The fourth-order valence-electron chi connectivity index (χ4n) is 2.52. The van der Waals surface area contributed by atoms with E-state index in [9.17, 15) is 4.79 Å². The van der Waals surface area contributed by atoms with E-state index in [2.05, 4.69) is 18.1 Å². The number of allylic oxidation sites excluding steroid dienone is 4. The minimum atomic E-state index is -0.500. The molecule has 0 spiro atoms. The predicted molar refractivity (Wildman–Crippen MR) is 93.6 cm³/mol. The molecule has 2 rings (SSSR count). The maximum atomic E-state index is 12.2. The summed E-state index contributed by atoms with van der Waals surface area (Å²) in [6, 6.07) is 4.97. The van der Waals surface area contributed by atoms with E-state index in [1.807, 2.05) is 37.4 Å². The summed E-state index contributed by atoms with van der Waals surface area (Å²) in [5, 5.41) is 6.05. The van der Waals surface area contributed by atoms with Crippen LogP contribution in [0.4, 0.5) is 0 Å². The van der Waals surface area contributed by atoms with Crippen molar-refractivity contribution in [3.63, 3.8) is 0 Å². The summed E-state index contributed by atoms with van der Waals surface area (Å²) in [5.41, 5.74) is 1.89. The molecular formula is C18H21ClN2O2. The minimum Gasteiger partial charge on any atom is -0.467 e. The van der Waals surface area contributed by atoms with E-state index in [1.165, 1.54) is 7.11 Å². The van der Waals surface area contributed by atoms with Gasteiger partial charge < -0.3 is 4.74 Å². The highest BCUT2D eigenvalue weighted by Crippen LogP contribution is 2.24. The highest BCUT2D eigenvalue weighted by Gasteiger charge is 2.23. The highest BCUT2D eigenvalue weighted by molar-refractivity contribution is 6.31. The lowest BCUT2D eigenvalue weighted by Crippen LogP contribution is -2.22. The van der Waals surface area contributed by atoms with Crippen molar-refractivity contribution in [3.05, 3.63) is 53.2 Å². The van der Waals surface area contributed by atoms with E-state index in [0.29, 0.717) is 11.4 Å². The van der Waals surface area contributed by atoms with Crippen molar-refractivity contribution < 1.29 is 9.53 Å². The summed E-state index contributed by atoms with van der Waals surface area (Å²) < 4.78 is 6.63. The highest BCUT2D eigenvalue weighted by atomic mass is 35.5. The number of ether oxygens (including phenoxy) is 1. The zero-order valence-electron chi connectivity index (χ0n) is 13.6. The molecule has 0 bridgehead atoms. The first kappa shape index (κ1) is 17.3. The van der Waals surface area contributed by atoms with Crippen molar-refractivity contribution in [1.82, 2.24) is 9.78 Å². The normalized spacial score (nSPS) is 13.7. The largest absolute Gasteiger partial charge is 0.467 e. The summed E-state index contributed by atoms with van der Waals surface area (Å²) in [6.07, 6.45) is 9.36. The van der Waals surface area contributed by atoms with Gasteiger partial charge >= 0.3 is 5.97 Å². The number of carbonyl (C=O) groups excluding carboxylic acids is 1. The first-order chi connectivity index (χ1) is 11.1. The van der Waals surface area contributed by atoms with Crippen molar-refractivity contribution in [2.75, 3.05) is 7.11 Å². The molecule has 4 nitrogen and oxygen atoms in total. The number of hydrogen-bond donors (Lipinski definition) is 0. The maximum absolute atomic E-state index is 12.2. The smallest absolute Gasteiger partial charge is 0.331 e. The molecule has 1 atom stereocenters. The molecule has 0 N–H and O–H groups in total. The SMILES string of the molecule is C/C=C\C(=C/CC)CC(C(=O)OC)n1cc2cc(Cl)ccc2n1. The Labute approximate surface area is 141 Å². The van der Waals surface area contributed by atoms with Gasteiger partial charge in [0.25, 0.3) is 0 Å². The number of hydrogen-bond acceptors (Lipinski definition) is 3. The van der Waals surface area contributed by atoms with Gasteiger partial charge in [0.05, 0.1) is 12.6 Å². The van der Waals surface area contributed by atoms with Crippen LogP contribution in [0, 0.1) is 0 Å². The number of methoxy groups -OCH3 is 1. The third kappa shape index (κ3) is 4.23. The third-order valence-electron chi connectivity index (χ3n) is 3.55. The van der Waals surface area contributed by atoms with Gasteiger partial charge in [-0.2, -0.15) is 5.10 Å². The molecule has 0 fully saturated rings. The average molecular weight is 333 g/mol. The van der Waals surface area contributed by atoms with Crippen molar-refractivity contribution in [1.29, 1.82) is 0 Å². The average Bonchev–Trinajstić information content (AvgIpc) is 2.94. The lowest BCUT2D eigenvalue weighted by atomic mass is 10.0. The van der Waals surface area contributed by atoms with Gasteiger partial charge in [-0.1, -0.05) is 36.8 Å². The Morgan fingerprint density at radius 2 is 2.26 bits per heavy atom. The monoisotopic (exact) mass is 332 g/mol. The molecule has 0 aliphatic heterocycles. The Kier molecular flexibility index (Phi) is 5.99. The molecule has 23 heavy (non-hydrogen) atoms. The van der Waals surface area contributed by atoms with Gasteiger partial charge in [-0.05, 0) is 37.1 Å². The summed E-state index contributed by atoms with van der Waals surface area (Å²) in [4.78, 5) is 12.2. The van der Waals surface area contributed by atoms with Crippen molar-refractivity contribution in [2.45, 2.75) is 32.7 Å². The number of carbonyl (C=O) groups is 1. The lowest BCUT2D eigenvalue weighted by molar-refractivity contribution is -0.144. The number of esters is 1. The number of benzene rings is 1. The molecule has 122 valence electrons. The first-order valence-corrected chi connectivity index (χ1v) is 8.00. The van der Waals surface area contributed by atoms with Crippen LogP contribution in [0.3, 0.4) is 0 Å². The number of halogens is 1. The van der Waals surface area contributed by atoms with E-state index >= 15 is 0 Å². The van der Waals surface area contributed by atoms with E-state index < -0.39 is 6.04 Å². The van der Waals surface area contributed by atoms with E-state index in [-0.39, 0.29) is 5.97 Å². The second-order valence-corrected chi connectivity index (χ2v) is 5.68. The topological polar surface area (TPSA) is 44.1 Å². The quantitative estimate of drug-likeness (QED) is 0.568. The van der Waals surface area contributed by atoms with Gasteiger partial charge in [0.15, 0.2) is 6.04 Å². The Morgan fingerprint density at radius 1 is 1.48 bits per heavy atom. The molecule has 0 amide bonds. The Hall–Kier alpha value is -2.07. The lowest BCUT2D eigenvalue weighted by Gasteiger charge is -2.16.